The molecule has 0 saturated heterocycles. The molecule has 0 aromatic heterocycles. The van der Waals surface area contributed by atoms with Crippen LogP contribution < -0.4 is 14.8 Å². The number of nitrogens with one attached hydrogen (secondary N) is 1. The summed E-state index contributed by atoms with van der Waals surface area (Å²) in [5, 5.41) is 2.90. The second-order valence-electron chi connectivity index (χ2n) is 6.97. The fraction of sp³-hybridized carbons (Fsp3) is 0.391. The van der Waals surface area contributed by atoms with Gasteiger partial charge in [-0.2, -0.15) is 0 Å². The van der Waals surface area contributed by atoms with Gasteiger partial charge in [0.2, 0.25) is 11.8 Å². The van der Waals surface area contributed by atoms with Crippen molar-refractivity contribution in [3.8, 4) is 11.5 Å². The second-order valence-corrected chi connectivity index (χ2v) is 6.97. The van der Waals surface area contributed by atoms with Crippen LogP contribution in [0.3, 0.4) is 0 Å². The van der Waals surface area contributed by atoms with Gasteiger partial charge in [0.15, 0.2) is 11.5 Å². The first-order valence-corrected chi connectivity index (χ1v) is 9.71. The van der Waals surface area contributed by atoms with E-state index in [1.165, 1.54) is 0 Å². The molecule has 0 atom stereocenters. The van der Waals surface area contributed by atoms with E-state index in [-0.39, 0.29) is 11.8 Å². The molecule has 1 N–H and O–H groups in total. The summed E-state index contributed by atoms with van der Waals surface area (Å²) in [7, 11) is 3.18. The number of hydrogen-bond donors (Lipinski definition) is 1. The average molecular weight is 399 g/mol. The molecule has 0 spiro atoms. The van der Waals surface area contributed by atoms with Crippen LogP contribution in [-0.4, -0.2) is 44.0 Å². The van der Waals surface area contributed by atoms with Gasteiger partial charge in [0, 0.05) is 33.0 Å². The zero-order chi connectivity index (χ0) is 21.2. The Hall–Kier alpha value is -3.02. The predicted molar refractivity (Wildman–Crippen MR) is 113 cm³/mol. The SMILES string of the molecule is COc1ccc(CCC(=O)NCCN(Cc2cccc(C)c2)C(C)=O)cc1OC. The van der Waals surface area contributed by atoms with Crippen LogP contribution >= 0.6 is 0 Å². The molecule has 156 valence electrons. The van der Waals surface area contributed by atoms with Crippen molar-refractivity contribution in [3.05, 3.63) is 59.2 Å². The Labute approximate surface area is 172 Å². The molecule has 2 amide bonds. The van der Waals surface area contributed by atoms with Crippen molar-refractivity contribution in [2.75, 3.05) is 27.3 Å². The topological polar surface area (TPSA) is 67.9 Å². The molecule has 0 saturated carbocycles. The van der Waals surface area contributed by atoms with Crippen LogP contribution in [0.25, 0.3) is 0 Å². The first-order valence-electron chi connectivity index (χ1n) is 9.71. The molecule has 0 unspecified atom stereocenters. The van der Waals surface area contributed by atoms with E-state index < -0.39 is 0 Å². The lowest BCUT2D eigenvalue weighted by Gasteiger charge is -2.21. The van der Waals surface area contributed by atoms with Crippen LogP contribution in [-0.2, 0) is 22.6 Å². The van der Waals surface area contributed by atoms with E-state index >= 15 is 0 Å². The molecule has 6 nitrogen and oxygen atoms in total. The molecule has 0 aliphatic carbocycles. The summed E-state index contributed by atoms with van der Waals surface area (Å²) in [5.41, 5.74) is 3.25. The number of carbonyl (C=O) groups is 2. The highest BCUT2D eigenvalue weighted by Gasteiger charge is 2.11. The molecule has 2 aromatic carbocycles. The van der Waals surface area contributed by atoms with Gasteiger partial charge in [0.05, 0.1) is 14.2 Å². The Bertz CT molecular complexity index is 835. The molecular formula is C23H30N2O4. The Morgan fingerprint density at radius 1 is 1.00 bits per heavy atom. The molecule has 0 aliphatic heterocycles. The maximum Gasteiger partial charge on any atom is 0.220 e. The van der Waals surface area contributed by atoms with Gasteiger partial charge < -0.3 is 19.7 Å². The molecule has 0 fully saturated rings. The third-order valence-electron chi connectivity index (χ3n) is 4.69. The van der Waals surface area contributed by atoms with E-state index in [9.17, 15) is 9.59 Å². The number of carbonyl (C=O) groups excluding carboxylic acids is 2. The minimum absolute atomic E-state index is 0.00826. The molecule has 0 radical (unpaired) electrons. The van der Waals surface area contributed by atoms with Crippen LogP contribution in [0.2, 0.25) is 0 Å². The van der Waals surface area contributed by atoms with Crippen LogP contribution in [0.4, 0.5) is 0 Å². The number of rotatable bonds is 10. The summed E-state index contributed by atoms with van der Waals surface area (Å²) in [6.45, 7) is 5.02. The number of methoxy groups -OCH3 is 2. The number of nitrogens with zero attached hydrogens (tertiary/aromatic N) is 1. The van der Waals surface area contributed by atoms with Crippen LogP contribution in [0, 0.1) is 6.92 Å². The summed E-state index contributed by atoms with van der Waals surface area (Å²) < 4.78 is 10.5. The van der Waals surface area contributed by atoms with Crippen LogP contribution in [0.15, 0.2) is 42.5 Å². The first kappa shape index (κ1) is 22.3. The normalized spacial score (nSPS) is 10.3. The van der Waals surface area contributed by atoms with E-state index in [1.807, 2.05) is 43.3 Å². The first-order chi connectivity index (χ1) is 13.9. The summed E-state index contributed by atoms with van der Waals surface area (Å²) in [4.78, 5) is 25.8. The molecule has 0 aliphatic rings. The fourth-order valence-electron chi connectivity index (χ4n) is 3.09. The van der Waals surface area contributed by atoms with Crippen molar-refractivity contribution in [2.24, 2.45) is 0 Å². The van der Waals surface area contributed by atoms with Gasteiger partial charge >= 0.3 is 0 Å². The van der Waals surface area contributed by atoms with Crippen molar-refractivity contribution in [3.63, 3.8) is 0 Å². The van der Waals surface area contributed by atoms with E-state index in [4.69, 9.17) is 9.47 Å². The van der Waals surface area contributed by atoms with Gasteiger partial charge in [-0.15, -0.1) is 0 Å². The average Bonchev–Trinajstić information content (AvgIpc) is 2.71. The summed E-state index contributed by atoms with van der Waals surface area (Å²) >= 11 is 0. The fourth-order valence-corrected chi connectivity index (χ4v) is 3.09. The van der Waals surface area contributed by atoms with Gasteiger partial charge in [0.1, 0.15) is 0 Å². The minimum Gasteiger partial charge on any atom is -0.493 e. The Morgan fingerprint density at radius 2 is 1.76 bits per heavy atom. The van der Waals surface area contributed by atoms with Gasteiger partial charge in [-0.3, -0.25) is 9.59 Å². The number of aryl methyl sites for hydroxylation is 2. The van der Waals surface area contributed by atoms with Crippen molar-refractivity contribution < 1.29 is 19.1 Å². The highest BCUT2D eigenvalue weighted by Crippen LogP contribution is 2.27. The summed E-state index contributed by atoms with van der Waals surface area (Å²) in [6, 6.07) is 13.7. The zero-order valence-electron chi connectivity index (χ0n) is 17.7. The van der Waals surface area contributed by atoms with Gasteiger partial charge in [-0.25, -0.2) is 0 Å². The van der Waals surface area contributed by atoms with Crippen LogP contribution in [0.5, 0.6) is 11.5 Å². The smallest absolute Gasteiger partial charge is 0.220 e. The Morgan fingerprint density at radius 3 is 2.41 bits per heavy atom. The van der Waals surface area contributed by atoms with Gasteiger partial charge in [-0.1, -0.05) is 35.9 Å². The number of amides is 2. The van der Waals surface area contributed by atoms with Crippen molar-refractivity contribution in [1.82, 2.24) is 10.2 Å². The van der Waals surface area contributed by atoms with Crippen molar-refractivity contribution in [1.29, 1.82) is 0 Å². The third kappa shape index (κ3) is 7.14. The zero-order valence-corrected chi connectivity index (χ0v) is 17.7. The number of hydrogen-bond acceptors (Lipinski definition) is 4. The lowest BCUT2D eigenvalue weighted by atomic mass is 10.1. The minimum atomic E-state index is -0.0427. The van der Waals surface area contributed by atoms with E-state index in [0.717, 1.165) is 16.7 Å². The number of ether oxygens (including phenoxy) is 2. The van der Waals surface area contributed by atoms with Gasteiger partial charge in [0.25, 0.3) is 0 Å². The number of benzene rings is 2. The lowest BCUT2D eigenvalue weighted by Crippen LogP contribution is -2.37. The quantitative estimate of drug-likeness (QED) is 0.668. The molecular weight excluding hydrogens is 368 g/mol. The van der Waals surface area contributed by atoms with E-state index in [1.54, 1.807) is 26.0 Å². The van der Waals surface area contributed by atoms with Crippen molar-refractivity contribution in [2.45, 2.75) is 33.2 Å². The molecule has 2 aromatic rings. The van der Waals surface area contributed by atoms with E-state index in [2.05, 4.69) is 11.4 Å². The maximum atomic E-state index is 12.2. The molecule has 0 heterocycles. The molecule has 2 rings (SSSR count). The second kappa shape index (κ2) is 11.1. The predicted octanol–water partition coefficient (Wildman–Crippen LogP) is 3.11. The maximum absolute atomic E-state index is 12.2. The Kier molecular flexibility index (Phi) is 8.52. The summed E-state index contributed by atoms with van der Waals surface area (Å²) in [6.07, 6.45) is 0.972. The lowest BCUT2D eigenvalue weighted by molar-refractivity contribution is -0.130. The van der Waals surface area contributed by atoms with Crippen molar-refractivity contribution >= 4 is 11.8 Å². The highest BCUT2D eigenvalue weighted by molar-refractivity contribution is 5.76. The van der Waals surface area contributed by atoms with Crippen LogP contribution in [0.1, 0.15) is 30.0 Å². The standard InChI is InChI=1S/C23H30N2O4/c1-17-6-5-7-20(14-17)16-25(18(2)26)13-12-24-23(27)11-9-19-8-10-21(28-3)22(15-19)29-4/h5-8,10,14-15H,9,11-13,16H2,1-4H3,(H,24,27). The highest BCUT2D eigenvalue weighted by atomic mass is 16.5. The van der Waals surface area contributed by atoms with E-state index in [0.29, 0.717) is 44.0 Å². The third-order valence-corrected chi connectivity index (χ3v) is 4.69. The largest absolute Gasteiger partial charge is 0.493 e. The molecule has 6 heteroatoms. The van der Waals surface area contributed by atoms with Gasteiger partial charge in [-0.05, 0) is 36.6 Å². The Balaban J connectivity index is 1.79. The summed E-state index contributed by atoms with van der Waals surface area (Å²) in [5.74, 6) is 1.27. The molecule has 29 heavy (non-hydrogen) atoms. The molecule has 0 bridgehead atoms. The monoisotopic (exact) mass is 398 g/mol.